The van der Waals surface area contributed by atoms with Gasteiger partial charge in [-0.15, -0.1) is 0 Å². The zero-order valence-electron chi connectivity index (χ0n) is 18.0. The number of amides is 1. The van der Waals surface area contributed by atoms with Crippen molar-refractivity contribution < 1.29 is 13.9 Å². The Balaban J connectivity index is -0.00000123. The Hall–Kier alpha value is -2.17. The molecule has 0 saturated carbocycles. The van der Waals surface area contributed by atoms with E-state index in [1.165, 1.54) is 12.3 Å². The summed E-state index contributed by atoms with van der Waals surface area (Å²) in [6.07, 6.45) is 3.91. The number of hydrogen-bond donors (Lipinski definition) is 1. The molecule has 0 aromatic rings. The molecule has 0 aromatic heterocycles. The Kier molecular flexibility index (Phi) is 18.0. The largest absolute Gasteiger partial charge is 0.444 e. The Bertz CT molecular complexity index is 525. The summed E-state index contributed by atoms with van der Waals surface area (Å²) in [7, 11) is 0. The van der Waals surface area contributed by atoms with Crippen LogP contribution in [0.3, 0.4) is 0 Å². The molecule has 0 aromatic carbocycles. The molecular formula is C21H37FN2O2. The van der Waals surface area contributed by atoms with Gasteiger partial charge in [-0.1, -0.05) is 34.3 Å². The fraction of sp³-hybridized carbons (Fsp3) is 0.524. The SMILES string of the molecule is C=N/C=C\C(=C)/C(C)=C/C(F)=C(\C)CNC(=O)OC(C)(C)C.CC.CC. The van der Waals surface area contributed by atoms with Crippen molar-refractivity contribution in [2.75, 3.05) is 6.54 Å². The van der Waals surface area contributed by atoms with Gasteiger partial charge in [0.15, 0.2) is 0 Å². The van der Waals surface area contributed by atoms with Crippen molar-refractivity contribution in [2.45, 2.75) is 67.9 Å². The van der Waals surface area contributed by atoms with Gasteiger partial charge in [0.2, 0.25) is 0 Å². The number of rotatable bonds is 6. The summed E-state index contributed by atoms with van der Waals surface area (Å²) < 4.78 is 19.1. The van der Waals surface area contributed by atoms with E-state index < -0.39 is 17.5 Å². The molecule has 0 unspecified atom stereocenters. The van der Waals surface area contributed by atoms with Crippen LogP contribution in [0.15, 0.2) is 52.5 Å². The van der Waals surface area contributed by atoms with Gasteiger partial charge in [0.25, 0.3) is 0 Å². The summed E-state index contributed by atoms with van der Waals surface area (Å²) in [6.45, 7) is 23.8. The first-order valence-corrected chi connectivity index (χ1v) is 8.89. The van der Waals surface area contributed by atoms with Crippen LogP contribution in [-0.2, 0) is 4.74 Å². The first kappa shape index (κ1) is 28.6. The molecule has 0 aliphatic carbocycles. The average Bonchev–Trinajstić information content (AvgIpc) is 2.59. The summed E-state index contributed by atoms with van der Waals surface area (Å²) in [6, 6.07) is 0. The highest BCUT2D eigenvalue weighted by Crippen LogP contribution is 2.15. The van der Waals surface area contributed by atoms with Crippen molar-refractivity contribution >= 4 is 12.8 Å². The molecule has 0 fully saturated rings. The number of nitrogens with one attached hydrogen (secondary N) is 1. The second-order valence-electron chi connectivity index (χ2n) is 5.83. The highest BCUT2D eigenvalue weighted by atomic mass is 19.1. The lowest BCUT2D eigenvalue weighted by molar-refractivity contribution is 0.0532. The third kappa shape index (κ3) is 16.7. The normalized spacial score (nSPS) is 12.0. The van der Waals surface area contributed by atoms with Gasteiger partial charge in [-0.2, -0.15) is 0 Å². The predicted octanol–water partition coefficient (Wildman–Crippen LogP) is 6.52. The number of aliphatic imine (C=N–C) groups is 1. The molecule has 5 heteroatoms. The molecule has 0 saturated heterocycles. The van der Waals surface area contributed by atoms with Gasteiger partial charge >= 0.3 is 6.09 Å². The maximum Gasteiger partial charge on any atom is 0.407 e. The summed E-state index contributed by atoms with van der Waals surface area (Å²) in [4.78, 5) is 15.1. The predicted molar refractivity (Wildman–Crippen MR) is 112 cm³/mol. The minimum Gasteiger partial charge on any atom is -0.444 e. The van der Waals surface area contributed by atoms with Gasteiger partial charge in [0.05, 0.1) is 0 Å². The average molecular weight is 369 g/mol. The van der Waals surface area contributed by atoms with Crippen molar-refractivity contribution in [3.8, 4) is 0 Å². The zero-order valence-corrected chi connectivity index (χ0v) is 18.0. The third-order valence-corrected chi connectivity index (χ3v) is 2.54. The van der Waals surface area contributed by atoms with Crippen LogP contribution < -0.4 is 5.32 Å². The van der Waals surface area contributed by atoms with Crippen molar-refractivity contribution in [2.24, 2.45) is 4.99 Å². The van der Waals surface area contributed by atoms with Crippen LogP contribution in [0, 0.1) is 0 Å². The van der Waals surface area contributed by atoms with Crippen LogP contribution in [0.2, 0.25) is 0 Å². The van der Waals surface area contributed by atoms with Crippen LogP contribution in [0.5, 0.6) is 0 Å². The van der Waals surface area contributed by atoms with Gasteiger partial charge in [0, 0.05) is 12.7 Å². The Morgan fingerprint density at radius 3 is 2.12 bits per heavy atom. The molecule has 0 radical (unpaired) electrons. The van der Waals surface area contributed by atoms with E-state index in [1.807, 2.05) is 27.7 Å². The van der Waals surface area contributed by atoms with E-state index in [4.69, 9.17) is 4.74 Å². The van der Waals surface area contributed by atoms with Gasteiger partial charge in [0.1, 0.15) is 11.4 Å². The van der Waals surface area contributed by atoms with Crippen molar-refractivity contribution in [1.82, 2.24) is 5.32 Å². The van der Waals surface area contributed by atoms with Gasteiger partial charge < -0.3 is 10.1 Å². The molecule has 4 nitrogen and oxygen atoms in total. The van der Waals surface area contributed by atoms with E-state index >= 15 is 0 Å². The number of ether oxygens (including phenoxy) is 1. The molecule has 0 aliphatic rings. The molecule has 1 amide bonds. The van der Waals surface area contributed by atoms with Gasteiger partial charge in [-0.3, -0.25) is 4.99 Å². The molecule has 1 N–H and O–H groups in total. The van der Waals surface area contributed by atoms with Crippen LogP contribution in [0.25, 0.3) is 0 Å². The fourth-order valence-electron chi connectivity index (χ4n) is 1.28. The second-order valence-corrected chi connectivity index (χ2v) is 5.83. The number of nitrogens with zero attached hydrogens (tertiary/aromatic N) is 1. The number of alkyl carbamates (subject to hydrolysis) is 1. The molecule has 0 atom stereocenters. The minimum absolute atomic E-state index is 0.0705. The Labute approximate surface area is 159 Å². The number of carbonyl (C=O) groups is 1. The summed E-state index contributed by atoms with van der Waals surface area (Å²) in [5, 5.41) is 2.51. The van der Waals surface area contributed by atoms with E-state index in [2.05, 4.69) is 23.6 Å². The highest BCUT2D eigenvalue weighted by molar-refractivity contribution is 5.68. The number of carbonyl (C=O) groups excluding carboxylic acids is 1. The van der Waals surface area contributed by atoms with Crippen molar-refractivity contribution in [3.63, 3.8) is 0 Å². The van der Waals surface area contributed by atoms with Crippen LogP contribution >= 0.6 is 0 Å². The molecule has 0 heterocycles. The van der Waals surface area contributed by atoms with Crippen molar-refractivity contribution in [1.29, 1.82) is 0 Å². The Morgan fingerprint density at radius 2 is 1.69 bits per heavy atom. The molecule has 150 valence electrons. The topological polar surface area (TPSA) is 50.7 Å². The van der Waals surface area contributed by atoms with E-state index in [0.29, 0.717) is 16.7 Å². The summed E-state index contributed by atoms with van der Waals surface area (Å²) in [5.74, 6) is -0.422. The third-order valence-electron chi connectivity index (χ3n) is 2.54. The van der Waals surface area contributed by atoms with Gasteiger partial charge in [-0.25, -0.2) is 9.18 Å². The van der Waals surface area contributed by atoms with Crippen LogP contribution in [0.1, 0.15) is 62.3 Å². The maximum atomic E-state index is 14.0. The molecule has 26 heavy (non-hydrogen) atoms. The lowest BCUT2D eigenvalue weighted by Gasteiger charge is -2.19. The van der Waals surface area contributed by atoms with E-state index in [0.717, 1.165) is 0 Å². The molecule has 0 aliphatic heterocycles. The first-order valence-electron chi connectivity index (χ1n) is 8.89. The number of halogens is 1. The Morgan fingerprint density at radius 1 is 1.19 bits per heavy atom. The number of allylic oxidation sites excluding steroid dienone is 5. The summed E-state index contributed by atoms with van der Waals surface area (Å²) in [5.41, 5.74) is 1.10. The number of hydrogen-bond acceptors (Lipinski definition) is 3. The maximum absolute atomic E-state index is 14.0. The van der Waals surface area contributed by atoms with Crippen LogP contribution in [-0.4, -0.2) is 25.0 Å². The molecule has 0 bridgehead atoms. The standard InChI is InChI=1S/C17H25FN2O2.2C2H6/c1-12(8-9-19-7)13(2)10-15(18)14(3)11-20-16(21)22-17(4,5)6;2*1-2/h8-10H,1,7,11H2,2-6H3,(H,20,21);2*1-2H3/b9-8-,13-10+,15-14-;;. The van der Waals surface area contributed by atoms with Crippen molar-refractivity contribution in [3.05, 3.63) is 47.5 Å². The second kappa shape index (κ2) is 16.3. The lowest BCUT2D eigenvalue weighted by atomic mass is 10.1. The zero-order chi connectivity index (χ0) is 21.3. The minimum atomic E-state index is -0.583. The molecule has 0 spiro atoms. The summed E-state index contributed by atoms with van der Waals surface area (Å²) >= 11 is 0. The highest BCUT2D eigenvalue weighted by Gasteiger charge is 2.15. The van der Waals surface area contributed by atoms with E-state index in [9.17, 15) is 9.18 Å². The quantitative estimate of drug-likeness (QED) is 0.428. The fourth-order valence-corrected chi connectivity index (χ4v) is 1.28. The van der Waals surface area contributed by atoms with E-state index in [-0.39, 0.29) is 6.54 Å². The molecular weight excluding hydrogens is 331 g/mol. The van der Waals surface area contributed by atoms with Gasteiger partial charge in [-0.05, 0) is 70.2 Å². The van der Waals surface area contributed by atoms with E-state index in [1.54, 1.807) is 40.7 Å². The lowest BCUT2D eigenvalue weighted by Crippen LogP contribution is -2.33. The van der Waals surface area contributed by atoms with Crippen LogP contribution in [0.4, 0.5) is 9.18 Å². The molecule has 0 rings (SSSR count). The smallest absolute Gasteiger partial charge is 0.407 e. The monoisotopic (exact) mass is 368 g/mol. The first-order chi connectivity index (χ1) is 12.1.